The lowest BCUT2D eigenvalue weighted by Gasteiger charge is -2.34. The molecule has 1 fully saturated rings. The predicted molar refractivity (Wildman–Crippen MR) is 64.1 cm³/mol. The molecule has 0 aromatic carbocycles. The van der Waals surface area contributed by atoms with E-state index in [1.165, 1.54) is 19.3 Å². The van der Waals surface area contributed by atoms with Crippen LogP contribution in [0.15, 0.2) is 24.5 Å². The van der Waals surface area contributed by atoms with Crippen molar-refractivity contribution >= 4 is 0 Å². The number of aliphatic hydroxyl groups excluding tert-OH is 1. The highest BCUT2D eigenvalue weighted by molar-refractivity contribution is 5.12. The fourth-order valence-corrected chi connectivity index (χ4v) is 2.33. The molecule has 0 radical (unpaired) electrons. The Kier molecular flexibility index (Phi) is 3.91. The average molecular weight is 220 g/mol. The molecule has 1 aliphatic heterocycles. The van der Waals surface area contributed by atoms with Gasteiger partial charge in [0, 0.05) is 30.5 Å². The number of rotatable bonds is 3. The first-order valence-electron chi connectivity index (χ1n) is 6.09. The zero-order chi connectivity index (χ0) is 11.4. The molecule has 0 aliphatic carbocycles. The van der Waals surface area contributed by atoms with E-state index in [1.54, 1.807) is 12.4 Å². The summed E-state index contributed by atoms with van der Waals surface area (Å²) in [5.41, 5.74) is 0.917. The van der Waals surface area contributed by atoms with Crippen molar-refractivity contribution in [3.05, 3.63) is 30.1 Å². The monoisotopic (exact) mass is 220 g/mol. The fraction of sp³-hybridized carbons (Fsp3) is 0.615. The number of hydrogen-bond donors (Lipinski definition) is 1. The third kappa shape index (κ3) is 2.80. The van der Waals surface area contributed by atoms with Gasteiger partial charge in [-0.2, -0.15) is 0 Å². The molecule has 2 heterocycles. The van der Waals surface area contributed by atoms with Gasteiger partial charge in [0.1, 0.15) is 0 Å². The van der Waals surface area contributed by atoms with Crippen molar-refractivity contribution in [3.63, 3.8) is 0 Å². The number of aliphatic hydroxyl groups is 1. The summed E-state index contributed by atoms with van der Waals surface area (Å²) in [7, 11) is 0. The van der Waals surface area contributed by atoms with E-state index in [4.69, 9.17) is 0 Å². The molecule has 1 aromatic rings. The first-order valence-corrected chi connectivity index (χ1v) is 6.09. The Bertz CT molecular complexity index is 315. The summed E-state index contributed by atoms with van der Waals surface area (Å²) >= 11 is 0. The highest BCUT2D eigenvalue weighted by atomic mass is 16.3. The molecule has 0 spiro atoms. The van der Waals surface area contributed by atoms with Crippen LogP contribution >= 0.6 is 0 Å². The van der Waals surface area contributed by atoms with Crippen molar-refractivity contribution in [2.24, 2.45) is 0 Å². The highest BCUT2D eigenvalue weighted by Crippen LogP contribution is 2.20. The van der Waals surface area contributed by atoms with Crippen LogP contribution in [0.5, 0.6) is 0 Å². The van der Waals surface area contributed by atoms with E-state index in [0.717, 1.165) is 18.7 Å². The Morgan fingerprint density at radius 2 is 2.44 bits per heavy atom. The zero-order valence-corrected chi connectivity index (χ0v) is 9.84. The second-order valence-electron chi connectivity index (χ2n) is 4.64. The van der Waals surface area contributed by atoms with E-state index in [2.05, 4.69) is 16.8 Å². The van der Waals surface area contributed by atoms with Crippen LogP contribution in [0.4, 0.5) is 0 Å². The molecule has 0 bridgehead atoms. The van der Waals surface area contributed by atoms with Gasteiger partial charge in [-0.05, 0) is 32.4 Å². The SMILES string of the molecule is CC1CCCCN1CC(O)c1cccnc1. The van der Waals surface area contributed by atoms with Gasteiger partial charge in [0.2, 0.25) is 0 Å². The molecule has 2 unspecified atom stereocenters. The van der Waals surface area contributed by atoms with Crippen LogP contribution < -0.4 is 0 Å². The van der Waals surface area contributed by atoms with Crippen molar-refractivity contribution in [1.29, 1.82) is 0 Å². The van der Waals surface area contributed by atoms with E-state index < -0.39 is 6.10 Å². The number of hydrogen-bond acceptors (Lipinski definition) is 3. The number of nitrogens with zero attached hydrogens (tertiary/aromatic N) is 2. The Labute approximate surface area is 97.1 Å². The summed E-state index contributed by atoms with van der Waals surface area (Å²) in [5.74, 6) is 0. The van der Waals surface area contributed by atoms with Gasteiger partial charge in [-0.1, -0.05) is 12.5 Å². The molecule has 2 atom stereocenters. The lowest BCUT2D eigenvalue weighted by Crippen LogP contribution is -2.40. The number of pyridine rings is 1. The normalized spacial score (nSPS) is 24.2. The maximum absolute atomic E-state index is 10.1. The molecule has 3 nitrogen and oxygen atoms in total. The maximum atomic E-state index is 10.1. The zero-order valence-electron chi connectivity index (χ0n) is 9.84. The van der Waals surface area contributed by atoms with Crippen molar-refractivity contribution in [2.45, 2.75) is 38.3 Å². The number of β-amino-alcohol motifs (C(OH)–C–C–N with tert-alkyl or cyclic N) is 1. The van der Waals surface area contributed by atoms with Gasteiger partial charge < -0.3 is 5.11 Å². The molecular weight excluding hydrogens is 200 g/mol. The summed E-state index contributed by atoms with van der Waals surface area (Å²) in [6.45, 7) is 4.08. The third-order valence-electron chi connectivity index (χ3n) is 3.42. The van der Waals surface area contributed by atoms with E-state index in [9.17, 15) is 5.11 Å². The van der Waals surface area contributed by atoms with Crippen molar-refractivity contribution < 1.29 is 5.11 Å². The lowest BCUT2D eigenvalue weighted by atomic mass is 10.0. The molecule has 1 aromatic heterocycles. The standard InChI is InChI=1S/C13H20N2O/c1-11-5-2-3-8-15(11)10-13(16)12-6-4-7-14-9-12/h4,6-7,9,11,13,16H,2-3,5,8,10H2,1H3. The van der Waals surface area contributed by atoms with Gasteiger partial charge in [-0.15, -0.1) is 0 Å². The van der Waals surface area contributed by atoms with Crippen LogP contribution in [0.2, 0.25) is 0 Å². The summed E-state index contributed by atoms with van der Waals surface area (Å²) in [4.78, 5) is 6.42. The van der Waals surface area contributed by atoms with Crippen molar-refractivity contribution in [1.82, 2.24) is 9.88 Å². The second kappa shape index (κ2) is 5.41. The average Bonchev–Trinajstić information content (AvgIpc) is 2.33. The van der Waals surface area contributed by atoms with Gasteiger partial charge in [-0.3, -0.25) is 9.88 Å². The Balaban J connectivity index is 1.94. The van der Waals surface area contributed by atoms with Gasteiger partial charge in [0.25, 0.3) is 0 Å². The second-order valence-corrected chi connectivity index (χ2v) is 4.64. The first kappa shape index (κ1) is 11.6. The molecule has 1 N–H and O–H groups in total. The number of piperidine rings is 1. The lowest BCUT2D eigenvalue weighted by molar-refractivity contribution is 0.0731. The summed E-state index contributed by atoms with van der Waals surface area (Å²) in [6, 6.07) is 4.41. The molecule has 1 aliphatic rings. The van der Waals surface area contributed by atoms with Crippen LogP contribution in [0.1, 0.15) is 37.9 Å². The minimum absolute atomic E-state index is 0.408. The van der Waals surface area contributed by atoms with Crippen LogP contribution in [-0.2, 0) is 0 Å². The Morgan fingerprint density at radius 3 is 3.12 bits per heavy atom. The molecule has 0 saturated carbocycles. The molecule has 88 valence electrons. The largest absolute Gasteiger partial charge is 0.387 e. The van der Waals surface area contributed by atoms with Gasteiger partial charge in [0.05, 0.1) is 6.10 Å². The molecule has 2 rings (SSSR count). The highest BCUT2D eigenvalue weighted by Gasteiger charge is 2.21. The van der Waals surface area contributed by atoms with E-state index >= 15 is 0 Å². The Morgan fingerprint density at radius 1 is 1.56 bits per heavy atom. The third-order valence-corrected chi connectivity index (χ3v) is 3.42. The first-order chi connectivity index (χ1) is 7.77. The topological polar surface area (TPSA) is 36.4 Å². The van der Waals surface area contributed by atoms with Crippen LogP contribution in [0.25, 0.3) is 0 Å². The van der Waals surface area contributed by atoms with Crippen molar-refractivity contribution in [3.8, 4) is 0 Å². The number of aromatic nitrogens is 1. The van der Waals surface area contributed by atoms with E-state index in [-0.39, 0.29) is 0 Å². The quantitative estimate of drug-likeness (QED) is 0.846. The molecule has 3 heteroatoms. The van der Waals surface area contributed by atoms with Gasteiger partial charge >= 0.3 is 0 Å². The summed E-state index contributed by atoms with van der Waals surface area (Å²) in [6.07, 6.45) is 6.90. The van der Waals surface area contributed by atoms with Gasteiger partial charge in [-0.25, -0.2) is 0 Å². The molecule has 1 saturated heterocycles. The van der Waals surface area contributed by atoms with E-state index in [0.29, 0.717) is 6.04 Å². The smallest absolute Gasteiger partial charge is 0.0931 e. The van der Waals surface area contributed by atoms with Gasteiger partial charge in [0.15, 0.2) is 0 Å². The summed E-state index contributed by atoms with van der Waals surface area (Å²) in [5, 5.41) is 10.1. The minimum Gasteiger partial charge on any atom is -0.387 e. The van der Waals surface area contributed by atoms with Crippen LogP contribution in [-0.4, -0.2) is 34.1 Å². The predicted octanol–water partition coefficient (Wildman–Crippen LogP) is 1.99. The maximum Gasteiger partial charge on any atom is 0.0931 e. The molecular formula is C13H20N2O. The van der Waals surface area contributed by atoms with Crippen molar-refractivity contribution in [2.75, 3.05) is 13.1 Å². The van der Waals surface area contributed by atoms with Crippen LogP contribution in [0, 0.1) is 0 Å². The molecule has 0 amide bonds. The molecule has 16 heavy (non-hydrogen) atoms. The van der Waals surface area contributed by atoms with E-state index in [1.807, 2.05) is 12.1 Å². The minimum atomic E-state index is -0.408. The summed E-state index contributed by atoms with van der Waals surface area (Å²) < 4.78 is 0. The fourth-order valence-electron chi connectivity index (χ4n) is 2.33. The Hall–Kier alpha value is -0.930. The number of likely N-dealkylation sites (tertiary alicyclic amines) is 1. The van der Waals surface area contributed by atoms with Crippen LogP contribution in [0.3, 0.4) is 0 Å².